The van der Waals surface area contributed by atoms with E-state index in [-0.39, 0.29) is 19.0 Å². The van der Waals surface area contributed by atoms with Gasteiger partial charge in [-0.05, 0) is 18.2 Å². The average molecular weight is 322 g/mol. The Morgan fingerprint density at radius 1 is 1.27 bits per heavy atom. The number of methoxy groups -OCH3 is 1. The molecule has 2 rings (SSSR count). The molecule has 0 fully saturated rings. The Morgan fingerprint density at radius 2 is 2.00 bits per heavy atom. The summed E-state index contributed by atoms with van der Waals surface area (Å²) in [4.78, 5) is 4.29. The van der Waals surface area contributed by atoms with E-state index in [1.165, 1.54) is 7.11 Å². The Hall–Kier alpha value is -2.21. The number of aromatic nitrogens is 1. The molecule has 0 unspecified atom stereocenters. The molecule has 116 valence electrons. The second-order valence-corrected chi connectivity index (χ2v) is 6.09. The second-order valence-electron chi connectivity index (χ2n) is 4.44. The molecule has 22 heavy (non-hydrogen) atoms. The summed E-state index contributed by atoms with van der Waals surface area (Å²) in [6.45, 7) is -0.181. The van der Waals surface area contributed by atoms with E-state index >= 15 is 0 Å². The lowest BCUT2D eigenvalue weighted by molar-refractivity contribution is 0.0510. The third kappa shape index (κ3) is 3.92. The van der Waals surface area contributed by atoms with Gasteiger partial charge in [-0.1, -0.05) is 6.07 Å². The van der Waals surface area contributed by atoms with E-state index < -0.39 is 10.1 Å². The molecule has 0 N–H and O–H groups in total. The van der Waals surface area contributed by atoms with Crippen LogP contribution in [0, 0.1) is 11.3 Å². The maximum Gasteiger partial charge on any atom is 0.264 e. The fourth-order valence-electron chi connectivity index (χ4n) is 1.81. The van der Waals surface area contributed by atoms with E-state index in [2.05, 4.69) is 4.98 Å². The Morgan fingerprint density at radius 3 is 2.64 bits per heavy atom. The Bertz CT molecular complexity index is 827. The highest BCUT2D eigenvalue weighted by molar-refractivity contribution is 7.85. The van der Waals surface area contributed by atoms with Crippen LogP contribution < -0.4 is 4.74 Å². The first-order chi connectivity index (χ1) is 10.4. The molecule has 0 aliphatic rings. The monoisotopic (exact) mass is 322 g/mol. The molecule has 0 radical (unpaired) electrons. The number of rotatable bonds is 6. The molecule has 0 amide bonds. The molecule has 1 heterocycles. The number of pyridine rings is 1. The minimum atomic E-state index is -3.56. The highest BCUT2D eigenvalue weighted by Crippen LogP contribution is 2.26. The summed E-state index contributed by atoms with van der Waals surface area (Å²) in [7, 11) is -2.08. The molecule has 0 aliphatic heterocycles. The number of hydrogen-bond acceptors (Lipinski definition) is 7. The summed E-state index contributed by atoms with van der Waals surface area (Å²) in [5.74, 6) is 0.352. The van der Waals surface area contributed by atoms with Gasteiger partial charge in [-0.3, -0.25) is 4.18 Å². The zero-order chi connectivity index (χ0) is 16.2. The van der Waals surface area contributed by atoms with Crippen molar-refractivity contribution in [2.75, 3.05) is 20.2 Å². The topological polar surface area (TPSA) is 98.5 Å². The van der Waals surface area contributed by atoms with Crippen molar-refractivity contribution < 1.29 is 22.1 Å². The van der Waals surface area contributed by atoms with Crippen molar-refractivity contribution in [3.05, 3.63) is 35.5 Å². The standard InChI is InChI=1S/C14H14N2O5S/c1-19-9-20-13-6-4-10-3-5-11(8-21-22(2,17)18)16-14(10)12(13)7-15/h3-6H,8-9H2,1-2H3. The predicted octanol–water partition coefficient (Wildman–Crippen LogP) is 1.57. The van der Waals surface area contributed by atoms with E-state index in [1.807, 2.05) is 6.07 Å². The maximum absolute atomic E-state index is 11.0. The van der Waals surface area contributed by atoms with Crippen molar-refractivity contribution in [3.8, 4) is 11.8 Å². The molecule has 0 saturated carbocycles. The summed E-state index contributed by atoms with van der Waals surface area (Å²) in [6, 6.07) is 8.85. The van der Waals surface area contributed by atoms with Crippen molar-refractivity contribution in [1.82, 2.24) is 4.98 Å². The highest BCUT2D eigenvalue weighted by Gasteiger charge is 2.12. The van der Waals surface area contributed by atoms with Crippen LogP contribution in [0.4, 0.5) is 0 Å². The second kappa shape index (κ2) is 6.70. The van der Waals surface area contributed by atoms with E-state index in [1.54, 1.807) is 24.3 Å². The van der Waals surface area contributed by atoms with Crippen LogP contribution in [0.1, 0.15) is 11.3 Å². The zero-order valence-electron chi connectivity index (χ0n) is 12.1. The molecule has 0 spiro atoms. The fourth-order valence-corrected chi connectivity index (χ4v) is 2.14. The number of fused-ring (bicyclic) bond motifs is 1. The minimum absolute atomic E-state index is 0.0110. The summed E-state index contributed by atoms with van der Waals surface area (Å²) in [5, 5.41) is 10.1. The van der Waals surface area contributed by atoms with Crippen molar-refractivity contribution in [3.63, 3.8) is 0 Å². The maximum atomic E-state index is 11.0. The lowest BCUT2D eigenvalue weighted by Gasteiger charge is -2.09. The minimum Gasteiger partial charge on any atom is -0.466 e. The molecule has 1 aromatic carbocycles. The van der Waals surface area contributed by atoms with Gasteiger partial charge < -0.3 is 9.47 Å². The van der Waals surface area contributed by atoms with Gasteiger partial charge in [0.25, 0.3) is 10.1 Å². The molecule has 0 bridgehead atoms. The largest absolute Gasteiger partial charge is 0.466 e. The SMILES string of the molecule is COCOc1ccc2ccc(COS(C)(=O)=O)nc2c1C#N. The zero-order valence-corrected chi connectivity index (χ0v) is 12.9. The van der Waals surface area contributed by atoms with Gasteiger partial charge in [0.1, 0.15) is 24.0 Å². The lowest BCUT2D eigenvalue weighted by Crippen LogP contribution is -2.05. The summed E-state index contributed by atoms with van der Waals surface area (Å²) >= 11 is 0. The first kappa shape index (κ1) is 16.2. The molecule has 0 aliphatic carbocycles. The van der Waals surface area contributed by atoms with Crippen LogP contribution in [0.25, 0.3) is 10.9 Å². The third-order valence-electron chi connectivity index (χ3n) is 2.75. The van der Waals surface area contributed by atoms with Crippen LogP contribution in [0.15, 0.2) is 24.3 Å². The molecule has 2 aromatic rings. The van der Waals surface area contributed by atoms with Gasteiger partial charge >= 0.3 is 0 Å². The van der Waals surface area contributed by atoms with E-state index in [9.17, 15) is 13.7 Å². The predicted molar refractivity (Wildman–Crippen MR) is 78.6 cm³/mol. The van der Waals surface area contributed by atoms with E-state index in [4.69, 9.17) is 13.7 Å². The summed E-state index contributed by atoms with van der Waals surface area (Å²) in [6.07, 6.45) is 0.964. The highest BCUT2D eigenvalue weighted by atomic mass is 32.2. The number of ether oxygens (including phenoxy) is 2. The van der Waals surface area contributed by atoms with Crippen LogP contribution in [0.5, 0.6) is 5.75 Å². The lowest BCUT2D eigenvalue weighted by atomic mass is 10.1. The smallest absolute Gasteiger partial charge is 0.264 e. The summed E-state index contributed by atoms with van der Waals surface area (Å²) in [5.41, 5.74) is 1.08. The first-order valence-electron chi connectivity index (χ1n) is 6.23. The van der Waals surface area contributed by atoms with Crippen molar-refractivity contribution in [2.45, 2.75) is 6.61 Å². The molecular weight excluding hydrogens is 308 g/mol. The van der Waals surface area contributed by atoms with Crippen LogP contribution in [0.3, 0.4) is 0 Å². The van der Waals surface area contributed by atoms with Crippen LogP contribution in [-0.2, 0) is 25.6 Å². The number of nitrogens with zero attached hydrogens (tertiary/aromatic N) is 2. The molecule has 1 aromatic heterocycles. The van der Waals surface area contributed by atoms with Gasteiger partial charge in [0.05, 0.1) is 17.5 Å². The molecule has 0 saturated heterocycles. The van der Waals surface area contributed by atoms with Crippen LogP contribution >= 0.6 is 0 Å². The Kier molecular flexibility index (Phi) is 4.92. The quantitative estimate of drug-likeness (QED) is 0.588. The van der Waals surface area contributed by atoms with Crippen molar-refractivity contribution >= 4 is 21.0 Å². The third-order valence-corrected chi connectivity index (χ3v) is 3.29. The number of nitriles is 1. The van der Waals surface area contributed by atoms with Gasteiger partial charge in [0.2, 0.25) is 0 Å². The van der Waals surface area contributed by atoms with Crippen LogP contribution in [0.2, 0.25) is 0 Å². The van der Waals surface area contributed by atoms with Gasteiger partial charge in [-0.2, -0.15) is 13.7 Å². The van der Waals surface area contributed by atoms with Crippen molar-refractivity contribution in [1.29, 1.82) is 5.26 Å². The van der Waals surface area contributed by atoms with E-state index in [0.717, 1.165) is 11.6 Å². The van der Waals surface area contributed by atoms with Crippen LogP contribution in [-0.4, -0.2) is 33.6 Å². The fraction of sp³-hybridized carbons (Fsp3) is 0.286. The van der Waals surface area contributed by atoms with Gasteiger partial charge in [-0.25, -0.2) is 4.98 Å². The van der Waals surface area contributed by atoms with Gasteiger partial charge in [-0.15, -0.1) is 0 Å². The van der Waals surface area contributed by atoms with Gasteiger partial charge in [0.15, 0.2) is 6.79 Å². The van der Waals surface area contributed by atoms with E-state index in [0.29, 0.717) is 17.0 Å². The Balaban J connectivity index is 2.42. The van der Waals surface area contributed by atoms with Gasteiger partial charge in [0, 0.05) is 12.5 Å². The molecule has 0 atom stereocenters. The Labute approximate surface area is 128 Å². The normalized spacial score (nSPS) is 11.3. The number of benzene rings is 1. The molecule has 7 nitrogen and oxygen atoms in total. The molecule has 8 heteroatoms. The summed E-state index contributed by atoms with van der Waals surface area (Å²) < 4.78 is 36.9. The number of hydrogen-bond donors (Lipinski definition) is 0. The average Bonchev–Trinajstić information content (AvgIpc) is 2.49. The first-order valence-corrected chi connectivity index (χ1v) is 8.05. The van der Waals surface area contributed by atoms with Crippen molar-refractivity contribution in [2.24, 2.45) is 0 Å². The molecular formula is C14H14N2O5S.